The highest BCUT2D eigenvalue weighted by Crippen LogP contribution is 2.17. The van der Waals surface area contributed by atoms with Gasteiger partial charge in [0.1, 0.15) is 0 Å². The van der Waals surface area contributed by atoms with Gasteiger partial charge in [0.25, 0.3) is 0 Å². The van der Waals surface area contributed by atoms with Gasteiger partial charge in [0.05, 0.1) is 4.90 Å². The minimum atomic E-state index is -4.19. The molecule has 1 aromatic carbocycles. The summed E-state index contributed by atoms with van der Waals surface area (Å²) in [5, 5.41) is 0. The summed E-state index contributed by atoms with van der Waals surface area (Å²) in [7, 11) is -4.19. The van der Waals surface area contributed by atoms with Crippen molar-refractivity contribution in [3.05, 3.63) is 30.3 Å². The molecule has 0 radical (unpaired) electrons. The van der Waals surface area contributed by atoms with Gasteiger partial charge in [-0.05, 0) is 39.8 Å². The quantitative estimate of drug-likeness (QED) is 0.797. The summed E-state index contributed by atoms with van der Waals surface area (Å²) in [6.45, 7) is 7.21. The highest BCUT2D eigenvalue weighted by atomic mass is 32.3. The van der Waals surface area contributed by atoms with Crippen LogP contribution in [0.3, 0.4) is 0 Å². The Morgan fingerprint density at radius 2 is 1.63 bits per heavy atom. The maximum atomic E-state index is 14.1. The third-order valence-electron chi connectivity index (χ3n) is 2.56. The lowest BCUT2D eigenvalue weighted by Crippen LogP contribution is -2.40. The Morgan fingerprint density at radius 3 is 2.05 bits per heavy atom. The molecule has 1 aromatic rings. The van der Waals surface area contributed by atoms with E-state index in [4.69, 9.17) is 0 Å². The molecular formula is C13H19FN2O2S. The van der Waals surface area contributed by atoms with E-state index in [-0.39, 0.29) is 17.0 Å². The van der Waals surface area contributed by atoms with Crippen LogP contribution in [0.1, 0.15) is 27.7 Å². The Bertz CT molecular complexity index is 541. The summed E-state index contributed by atoms with van der Waals surface area (Å²) < 4.78 is 29.2. The van der Waals surface area contributed by atoms with Gasteiger partial charge in [-0.2, -0.15) is 0 Å². The molecule has 0 saturated carbocycles. The number of urea groups is 1. The maximum absolute atomic E-state index is 14.1. The van der Waals surface area contributed by atoms with Crippen LogP contribution in [-0.2, 0) is 10.1 Å². The Kier molecular flexibility index (Phi) is 5.05. The molecule has 0 aliphatic heterocycles. The number of nitrogens with zero attached hydrogens (tertiary/aromatic N) is 2. The first kappa shape index (κ1) is 15.6. The van der Waals surface area contributed by atoms with Crippen molar-refractivity contribution in [2.45, 2.75) is 44.7 Å². The highest BCUT2D eigenvalue weighted by molar-refractivity contribution is 7.89. The second-order valence-corrected chi connectivity index (χ2v) is 6.31. The molecular weight excluding hydrogens is 267 g/mol. The zero-order valence-corrected chi connectivity index (χ0v) is 12.4. The topological polar surface area (TPSA) is 49.7 Å². The summed E-state index contributed by atoms with van der Waals surface area (Å²) >= 11 is 0. The molecule has 0 saturated heterocycles. The lowest BCUT2D eigenvalue weighted by Gasteiger charge is -2.28. The van der Waals surface area contributed by atoms with Crippen molar-refractivity contribution in [2.75, 3.05) is 0 Å². The lowest BCUT2D eigenvalue weighted by molar-refractivity contribution is 0.175. The molecule has 0 bridgehead atoms. The van der Waals surface area contributed by atoms with Crippen molar-refractivity contribution < 1.29 is 12.9 Å². The average Bonchev–Trinajstić information content (AvgIpc) is 2.28. The van der Waals surface area contributed by atoms with E-state index in [2.05, 4.69) is 4.36 Å². The first-order chi connectivity index (χ1) is 8.75. The number of hydrogen-bond acceptors (Lipinski definition) is 2. The van der Waals surface area contributed by atoms with Crippen molar-refractivity contribution in [1.82, 2.24) is 4.90 Å². The van der Waals surface area contributed by atoms with Gasteiger partial charge in [-0.15, -0.1) is 8.25 Å². The van der Waals surface area contributed by atoms with E-state index in [0.717, 1.165) is 0 Å². The normalized spacial score (nSPS) is 14.3. The Morgan fingerprint density at radius 1 is 1.16 bits per heavy atom. The third kappa shape index (κ3) is 4.02. The van der Waals surface area contributed by atoms with Crippen LogP contribution in [0.25, 0.3) is 0 Å². The van der Waals surface area contributed by atoms with Crippen LogP contribution < -0.4 is 0 Å². The predicted molar refractivity (Wildman–Crippen MR) is 73.9 cm³/mol. The Labute approximate surface area is 114 Å². The van der Waals surface area contributed by atoms with Crippen LogP contribution in [0.15, 0.2) is 39.6 Å². The Hall–Kier alpha value is -1.43. The van der Waals surface area contributed by atoms with Crippen LogP contribution >= 0.6 is 0 Å². The Balaban J connectivity index is 3.14. The van der Waals surface area contributed by atoms with Crippen LogP contribution in [0, 0.1) is 0 Å². The van der Waals surface area contributed by atoms with E-state index in [0.29, 0.717) is 0 Å². The monoisotopic (exact) mass is 286 g/mol. The van der Waals surface area contributed by atoms with Gasteiger partial charge >= 0.3 is 6.03 Å². The summed E-state index contributed by atoms with van der Waals surface area (Å²) in [4.78, 5) is 13.3. The van der Waals surface area contributed by atoms with Crippen LogP contribution in [0.4, 0.5) is 8.68 Å². The van der Waals surface area contributed by atoms with Gasteiger partial charge in [0, 0.05) is 12.1 Å². The van der Waals surface area contributed by atoms with Crippen molar-refractivity contribution in [3.63, 3.8) is 0 Å². The van der Waals surface area contributed by atoms with Gasteiger partial charge in [-0.1, -0.05) is 18.2 Å². The van der Waals surface area contributed by atoms with E-state index in [9.17, 15) is 12.9 Å². The van der Waals surface area contributed by atoms with Crippen molar-refractivity contribution >= 4 is 16.1 Å². The number of amides is 2. The number of benzene rings is 1. The average molecular weight is 286 g/mol. The number of halogens is 1. The van der Waals surface area contributed by atoms with Crippen LogP contribution in [0.5, 0.6) is 0 Å². The molecule has 0 fully saturated rings. The highest BCUT2D eigenvalue weighted by Gasteiger charge is 2.22. The van der Waals surface area contributed by atoms with E-state index < -0.39 is 16.1 Å². The molecule has 106 valence electrons. The molecule has 19 heavy (non-hydrogen) atoms. The van der Waals surface area contributed by atoms with Crippen molar-refractivity contribution in [1.29, 1.82) is 0 Å². The largest absolute Gasteiger partial charge is 0.354 e. The second kappa shape index (κ2) is 6.14. The molecule has 0 N–H and O–H groups in total. The molecule has 0 heterocycles. The second-order valence-electron chi connectivity index (χ2n) is 4.74. The molecule has 0 unspecified atom stereocenters. The standard InChI is InChI=1S/C13H19FN2O2S/c1-10(2)16(11(3)4)13(17)15-19(14,18)12-8-6-5-7-9-12/h5-11H,1-4H3/t19-/m0/s1. The van der Waals surface area contributed by atoms with E-state index in [1.807, 2.05) is 0 Å². The van der Waals surface area contributed by atoms with Gasteiger partial charge in [-0.25, -0.2) is 9.00 Å². The number of rotatable bonds is 3. The SMILES string of the molecule is CC(C)N(C(=O)N=[S@@](=O)(F)c1ccccc1)C(C)C. The van der Waals surface area contributed by atoms with Crippen molar-refractivity contribution in [3.8, 4) is 0 Å². The van der Waals surface area contributed by atoms with E-state index in [1.54, 1.807) is 45.9 Å². The molecule has 0 aliphatic rings. The van der Waals surface area contributed by atoms with Crippen LogP contribution in [-0.4, -0.2) is 27.2 Å². The molecule has 4 nitrogen and oxygen atoms in total. The maximum Gasteiger partial charge on any atom is 0.354 e. The predicted octanol–water partition coefficient (Wildman–Crippen LogP) is 3.64. The fourth-order valence-electron chi connectivity index (χ4n) is 1.83. The van der Waals surface area contributed by atoms with Gasteiger partial charge < -0.3 is 4.90 Å². The summed E-state index contributed by atoms with van der Waals surface area (Å²) in [5.74, 6) is 0. The zero-order chi connectivity index (χ0) is 14.6. The van der Waals surface area contributed by atoms with Crippen molar-refractivity contribution in [2.24, 2.45) is 4.36 Å². The number of carbonyl (C=O) groups is 1. The first-order valence-corrected chi connectivity index (χ1v) is 7.51. The fraction of sp³-hybridized carbons (Fsp3) is 0.462. The third-order valence-corrected chi connectivity index (χ3v) is 3.81. The molecule has 0 spiro atoms. The van der Waals surface area contributed by atoms with E-state index in [1.165, 1.54) is 17.0 Å². The molecule has 0 aromatic heterocycles. The molecule has 1 rings (SSSR count). The summed E-state index contributed by atoms with van der Waals surface area (Å²) in [6.07, 6.45) is 0. The number of hydrogen-bond donors (Lipinski definition) is 0. The van der Waals surface area contributed by atoms with Gasteiger partial charge in [0.15, 0.2) is 0 Å². The summed E-state index contributed by atoms with van der Waals surface area (Å²) in [6, 6.07) is 6.43. The minimum absolute atomic E-state index is 0.0872. The fourth-order valence-corrected chi connectivity index (χ4v) is 2.72. The molecule has 1 atom stereocenters. The molecule has 0 aliphatic carbocycles. The summed E-state index contributed by atoms with van der Waals surface area (Å²) in [5.41, 5.74) is 0. The van der Waals surface area contributed by atoms with Gasteiger partial charge in [0.2, 0.25) is 10.1 Å². The molecule has 2 amide bonds. The van der Waals surface area contributed by atoms with Crippen LogP contribution in [0.2, 0.25) is 0 Å². The number of carbonyl (C=O) groups excluding carboxylic acids is 1. The lowest BCUT2D eigenvalue weighted by atomic mass is 10.2. The minimum Gasteiger partial charge on any atom is -0.317 e. The van der Waals surface area contributed by atoms with E-state index >= 15 is 0 Å². The zero-order valence-electron chi connectivity index (χ0n) is 11.5. The first-order valence-electron chi connectivity index (χ1n) is 6.10. The van der Waals surface area contributed by atoms with Gasteiger partial charge in [-0.3, -0.25) is 0 Å². The smallest absolute Gasteiger partial charge is 0.317 e. The molecule has 6 heteroatoms.